The maximum atomic E-state index is 9.16. The van der Waals surface area contributed by atoms with Crippen LogP contribution in [0.5, 0.6) is 5.75 Å². The number of hydrogen-bond acceptors (Lipinski definition) is 5. The predicted octanol–water partition coefficient (Wildman–Crippen LogP) is 2.23. The first kappa shape index (κ1) is 16.0. The lowest BCUT2D eigenvalue weighted by molar-refractivity contribution is 0.00578. The topological polar surface area (TPSA) is 60.8 Å². The number of aliphatic hydroxyl groups is 1. The highest BCUT2D eigenvalue weighted by Gasteiger charge is 2.49. The van der Waals surface area contributed by atoms with E-state index in [1.54, 1.807) is 13.3 Å². The van der Waals surface area contributed by atoms with Crippen molar-refractivity contribution in [1.29, 1.82) is 0 Å². The molecule has 0 radical (unpaired) electrons. The Balaban J connectivity index is 2.12. The summed E-state index contributed by atoms with van der Waals surface area (Å²) >= 11 is 0. The highest BCUT2D eigenvalue weighted by atomic mass is 16.7. The summed E-state index contributed by atoms with van der Waals surface area (Å²) in [4.78, 5) is 4.16. The molecule has 2 heterocycles. The zero-order valence-corrected chi connectivity index (χ0v) is 13.2. The molecule has 6 heteroatoms. The minimum absolute atomic E-state index is 0.148. The fraction of sp³-hybridized carbons (Fsp3) is 0.533. The molecule has 1 fully saturated rings. The van der Waals surface area contributed by atoms with Gasteiger partial charge in [0.25, 0.3) is 0 Å². The monoisotopic (exact) mass is 291 g/mol. The van der Waals surface area contributed by atoms with E-state index in [0.29, 0.717) is 11.4 Å². The lowest BCUT2D eigenvalue weighted by Crippen LogP contribution is -2.41. The zero-order valence-electron chi connectivity index (χ0n) is 13.2. The smallest absolute Gasteiger partial charge is 0.487 e. The molecule has 0 aliphatic carbocycles. The van der Waals surface area contributed by atoms with E-state index >= 15 is 0 Å². The van der Waals surface area contributed by atoms with Crippen LogP contribution in [-0.2, 0) is 15.9 Å². The van der Waals surface area contributed by atoms with Crippen molar-refractivity contribution < 1.29 is 19.2 Å². The highest BCUT2D eigenvalue weighted by Crippen LogP contribution is 2.37. The van der Waals surface area contributed by atoms with E-state index in [9.17, 15) is 0 Å². The van der Waals surface area contributed by atoms with Crippen LogP contribution >= 0.6 is 0 Å². The molecule has 2 rings (SSSR count). The first-order chi connectivity index (χ1) is 9.79. The molecular weight excluding hydrogens is 269 g/mol. The molecule has 0 spiro atoms. The largest absolute Gasteiger partial charge is 0.495 e. The van der Waals surface area contributed by atoms with Crippen molar-refractivity contribution in [2.24, 2.45) is 0 Å². The van der Waals surface area contributed by atoms with Crippen molar-refractivity contribution in [2.45, 2.75) is 45.5 Å². The molecule has 0 bridgehead atoms. The fourth-order valence-corrected chi connectivity index (χ4v) is 2.03. The van der Waals surface area contributed by atoms with Gasteiger partial charge in [-0.3, -0.25) is 4.98 Å². The number of pyridine rings is 1. The van der Waals surface area contributed by atoms with E-state index in [4.69, 9.17) is 19.2 Å². The molecule has 114 valence electrons. The van der Waals surface area contributed by atoms with Gasteiger partial charge in [0.15, 0.2) is 0 Å². The second-order valence-corrected chi connectivity index (χ2v) is 6.06. The summed E-state index contributed by atoms with van der Waals surface area (Å²) < 4.78 is 17.0. The Labute approximate surface area is 126 Å². The first-order valence-corrected chi connectivity index (χ1v) is 6.96. The van der Waals surface area contributed by atoms with E-state index in [-0.39, 0.29) is 17.8 Å². The molecule has 1 N–H and O–H groups in total. The van der Waals surface area contributed by atoms with Crippen LogP contribution in [0.1, 0.15) is 39.0 Å². The quantitative estimate of drug-likeness (QED) is 0.862. The molecule has 1 aromatic heterocycles. The summed E-state index contributed by atoms with van der Waals surface area (Å²) in [5.41, 5.74) is 0.682. The summed E-state index contributed by atoms with van der Waals surface area (Å²) in [6.07, 6.45) is 3.55. The van der Waals surface area contributed by atoms with Gasteiger partial charge in [-0.25, -0.2) is 0 Å². The third kappa shape index (κ3) is 3.28. The van der Waals surface area contributed by atoms with E-state index in [1.807, 2.05) is 45.8 Å². The number of methoxy groups -OCH3 is 1. The van der Waals surface area contributed by atoms with E-state index in [2.05, 4.69) is 4.98 Å². The van der Waals surface area contributed by atoms with E-state index in [0.717, 1.165) is 5.56 Å². The molecule has 0 unspecified atom stereocenters. The Morgan fingerprint density at radius 3 is 2.43 bits per heavy atom. The van der Waals surface area contributed by atoms with Crippen LogP contribution in [0.2, 0.25) is 0 Å². The van der Waals surface area contributed by atoms with Crippen LogP contribution in [0.4, 0.5) is 0 Å². The fourth-order valence-electron chi connectivity index (χ4n) is 2.03. The first-order valence-electron chi connectivity index (χ1n) is 6.96. The lowest BCUT2D eigenvalue weighted by Gasteiger charge is -2.32. The van der Waals surface area contributed by atoms with Crippen LogP contribution < -0.4 is 4.74 Å². The van der Waals surface area contributed by atoms with Gasteiger partial charge in [0.2, 0.25) is 0 Å². The number of ether oxygens (including phenoxy) is 1. The highest BCUT2D eigenvalue weighted by molar-refractivity contribution is 6.52. The van der Waals surface area contributed by atoms with Gasteiger partial charge >= 0.3 is 7.12 Å². The van der Waals surface area contributed by atoms with Crippen LogP contribution in [0, 0.1) is 0 Å². The van der Waals surface area contributed by atoms with Gasteiger partial charge in [-0.05, 0) is 39.3 Å². The third-order valence-corrected chi connectivity index (χ3v) is 4.04. The maximum absolute atomic E-state index is 9.16. The summed E-state index contributed by atoms with van der Waals surface area (Å²) in [5.74, 6) is 2.42. The van der Waals surface area contributed by atoms with Gasteiger partial charge in [-0.1, -0.05) is 12.1 Å². The number of rotatable bonds is 4. The summed E-state index contributed by atoms with van der Waals surface area (Å²) in [7, 11) is 1.16. The van der Waals surface area contributed by atoms with E-state index in [1.165, 1.54) is 0 Å². The molecule has 0 amide bonds. The standard InChI is InChI=1S/C15H22BNO4/c1-14(2)15(3,4)21-16(20-14)7-6-11-8-13(19-5)12(10-18)17-9-11/h6-9,18H,10H2,1-5H3/b7-6+. The van der Waals surface area contributed by atoms with Gasteiger partial charge in [0.1, 0.15) is 11.4 Å². The average Bonchev–Trinajstić information content (AvgIpc) is 2.64. The Hall–Kier alpha value is -1.37. The molecule has 0 saturated carbocycles. The molecule has 1 saturated heterocycles. The number of hydrogen-bond donors (Lipinski definition) is 1. The predicted molar refractivity (Wildman–Crippen MR) is 81.8 cm³/mol. The summed E-state index contributed by atoms with van der Waals surface area (Å²) in [6.45, 7) is 7.91. The Morgan fingerprint density at radius 2 is 1.90 bits per heavy atom. The molecule has 1 aliphatic heterocycles. The second kappa shape index (κ2) is 5.79. The van der Waals surface area contributed by atoms with Crippen molar-refractivity contribution in [3.05, 3.63) is 29.5 Å². The Morgan fingerprint density at radius 1 is 1.29 bits per heavy atom. The summed E-state index contributed by atoms with van der Waals surface area (Å²) in [6, 6.07) is 1.82. The van der Waals surface area contributed by atoms with Gasteiger partial charge < -0.3 is 19.2 Å². The average molecular weight is 291 g/mol. The molecule has 21 heavy (non-hydrogen) atoms. The second-order valence-electron chi connectivity index (χ2n) is 6.06. The lowest BCUT2D eigenvalue weighted by atomic mass is 9.89. The molecule has 1 aliphatic rings. The molecular formula is C15H22BNO4. The van der Waals surface area contributed by atoms with Gasteiger partial charge in [0, 0.05) is 6.20 Å². The SMILES string of the molecule is COc1cc(/C=C/B2OC(C)(C)C(C)(C)O2)cnc1CO. The normalized spacial score (nSPS) is 20.2. The van der Waals surface area contributed by atoms with Crippen molar-refractivity contribution in [2.75, 3.05) is 7.11 Å². The Bertz CT molecular complexity index is 526. The van der Waals surface area contributed by atoms with Crippen LogP contribution in [0.15, 0.2) is 18.2 Å². The minimum Gasteiger partial charge on any atom is -0.495 e. The third-order valence-electron chi connectivity index (χ3n) is 4.04. The molecule has 0 atom stereocenters. The molecule has 5 nitrogen and oxygen atoms in total. The number of nitrogens with zero attached hydrogens (tertiary/aromatic N) is 1. The van der Waals surface area contributed by atoms with E-state index < -0.39 is 7.12 Å². The van der Waals surface area contributed by atoms with Crippen molar-refractivity contribution in [3.63, 3.8) is 0 Å². The van der Waals surface area contributed by atoms with Gasteiger partial charge in [-0.2, -0.15) is 0 Å². The van der Waals surface area contributed by atoms with Crippen molar-refractivity contribution >= 4 is 13.2 Å². The maximum Gasteiger partial charge on any atom is 0.487 e. The number of aliphatic hydroxyl groups excluding tert-OH is 1. The number of aromatic nitrogens is 1. The minimum atomic E-state index is -0.390. The molecule has 1 aromatic rings. The van der Waals surface area contributed by atoms with Crippen LogP contribution in [0.3, 0.4) is 0 Å². The van der Waals surface area contributed by atoms with Crippen molar-refractivity contribution in [1.82, 2.24) is 4.98 Å². The summed E-state index contributed by atoms with van der Waals surface area (Å²) in [5, 5.41) is 9.16. The Kier molecular flexibility index (Phi) is 4.42. The van der Waals surface area contributed by atoms with Gasteiger partial charge in [-0.15, -0.1) is 0 Å². The van der Waals surface area contributed by atoms with Gasteiger partial charge in [0.05, 0.1) is 24.9 Å². The zero-order chi connectivity index (χ0) is 15.7. The van der Waals surface area contributed by atoms with Crippen molar-refractivity contribution in [3.8, 4) is 5.75 Å². The molecule has 0 aromatic carbocycles. The van der Waals surface area contributed by atoms with Crippen LogP contribution in [-0.4, -0.2) is 35.5 Å². The van der Waals surface area contributed by atoms with Crippen LogP contribution in [0.25, 0.3) is 6.08 Å².